The second-order valence-electron chi connectivity index (χ2n) is 4.10. The van der Waals surface area contributed by atoms with Crippen LogP contribution in [0.15, 0.2) is 12.4 Å². The third-order valence-electron chi connectivity index (χ3n) is 2.87. The molecule has 15 heavy (non-hydrogen) atoms. The number of nitrogens with zero attached hydrogens (tertiary/aromatic N) is 4. The first-order valence-electron chi connectivity index (χ1n) is 4.97. The Morgan fingerprint density at radius 2 is 2.07 bits per heavy atom. The van der Waals surface area contributed by atoms with Crippen LogP contribution in [0.4, 0.5) is 5.82 Å². The molecular weight excluding hydrogens is 188 g/mol. The molecule has 0 atom stereocenters. The van der Waals surface area contributed by atoms with Crippen molar-refractivity contribution < 1.29 is 0 Å². The summed E-state index contributed by atoms with van der Waals surface area (Å²) in [6.07, 6.45) is 4.15. The highest BCUT2D eigenvalue weighted by Gasteiger charge is 2.22. The fraction of sp³-hybridized carbons (Fsp3) is 0.545. The molecule has 1 aromatic heterocycles. The lowest BCUT2D eigenvalue weighted by Crippen LogP contribution is -2.41. The largest absolute Gasteiger partial charge is 0.353 e. The van der Waals surface area contributed by atoms with Gasteiger partial charge < -0.3 is 4.90 Å². The summed E-state index contributed by atoms with van der Waals surface area (Å²) in [6.45, 7) is 6.42. The summed E-state index contributed by atoms with van der Waals surface area (Å²) in [5.41, 5.74) is 0.393. The van der Waals surface area contributed by atoms with E-state index in [2.05, 4.69) is 35.6 Å². The summed E-state index contributed by atoms with van der Waals surface area (Å²) in [6, 6.07) is 1.95. The van der Waals surface area contributed by atoms with Gasteiger partial charge in [-0.2, -0.15) is 5.26 Å². The van der Waals surface area contributed by atoms with Crippen LogP contribution in [-0.4, -0.2) is 22.6 Å². The number of aromatic nitrogens is 2. The van der Waals surface area contributed by atoms with Crippen molar-refractivity contribution in [3.8, 4) is 6.07 Å². The van der Waals surface area contributed by atoms with Gasteiger partial charge in [-0.1, -0.05) is 6.92 Å². The fourth-order valence-corrected chi connectivity index (χ4v) is 1.10. The summed E-state index contributed by atoms with van der Waals surface area (Å²) in [7, 11) is 1.99. The van der Waals surface area contributed by atoms with E-state index in [-0.39, 0.29) is 5.54 Å². The Bertz CT molecular complexity index is 361. The van der Waals surface area contributed by atoms with Gasteiger partial charge in [-0.3, -0.25) is 0 Å². The van der Waals surface area contributed by atoms with Gasteiger partial charge in [0.1, 0.15) is 11.9 Å². The summed E-state index contributed by atoms with van der Waals surface area (Å²) >= 11 is 0. The third-order valence-corrected chi connectivity index (χ3v) is 2.87. The van der Waals surface area contributed by atoms with Crippen molar-refractivity contribution >= 4 is 5.82 Å². The Balaban J connectivity index is 2.93. The third kappa shape index (κ3) is 2.44. The van der Waals surface area contributed by atoms with Crippen molar-refractivity contribution in [1.82, 2.24) is 9.97 Å². The average Bonchev–Trinajstić information content (AvgIpc) is 2.28. The molecule has 0 amide bonds. The van der Waals surface area contributed by atoms with E-state index in [1.54, 1.807) is 6.20 Å². The monoisotopic (exact) mass is 204 g/mol. The van der Waals surface area contributed by atoms with E-state index >= 15 is 0 Å². The van der Waals surface area contributed by atoms with Crippen molar-refractivity contribution in [3.05, 3.63) is 18.1 Å². The molecule has 0 saturated carbocycles. The predicted molar refractivity (Wildman–Crippen MR) is 59.5 cm³/mol. The Hall–Kier alpha value is -1.63. The van der Waals surface area contributed by atoms with Gasteiger partial charge in [0, 0.05) is 12.6 Å². The predicted octanol–water partition coefficient (Wildman–Crippen LogP) is 1.97. The molecule has 0 fully saturated rings. The van der Waals surface area contributed by atoms with Crippen molar-refractivity contribution in [3.63, 3.8) is 0 Å². The molecular formula is C11H16N4. The summed E-state index contributed by atoms with van der Waals surface area (Å²) in [5.74, 6) is 0.792. The molecule has 0 aliphatic heterocycles. The molecule has 1 rings (SSSR count). The maximum Gasteiger partial charge on any atom is 0.158 e. The maximum atomic E-state index is 8.61. The van der Waals surface area contributed by atoms with E-state index in [0.29, 0.717) is 5.69 Å². The van der Waals surface area contributed by atoms with Crippen LogP contribution in [0.3, 0.4) is 0 Å². The maximum absolute atomic E-state index is 8.61. The van der Waals surface area contributed by atoms with E-state index in [1.807, 2.05) is 13.1 Å². The molecule has 80 valence electrons. The van der Waals surface area contributed by atoms with Gasteiger partial charge in [0.15, 0.2) is 5.69 Å². The van der Waals surface area contributed by atoms with Gasteiger partial charge in [0.2, 0.25) is 0 Å². The SMILES string of the molecule is CCC(C)(C)N(C)c1cnc(C#N)cn1. The van der Waals surface area contributed by atoms with Crippen molar-refractivity contribution in [2.75, 3.05) is 11.9 Å². The molecule has 0 spiro atoms. The quantitative estimate of drug-likeness (QED) is 0.755. The molecule has 0 saturated heterocycles. The normalized spacial score (nSPS) is 10.9. The Kier molecular flexibility index (Phi) is 3.25. The van der Waals surface area contributed by atoms with Crippen LogP contribution in [-0.2, 0) is 0 Å². The molecule has 4 nitrogen and oxygen atoms in total. The lowest BCUT2D eigenvalue weighted by atomic mass is 10.0. The molecule has 0 N–H and O–H groups in total. The zero-order chi connectivity index (χ0) is 11.5. The van der Waals surface area contributed by atoms with E-state index in [1.165, 1.54) is 6.20 Å². The summed E-state index contributed by atoms with van der Waals surface area (Å²) < 4.78 is 0. The molecule has 0 radical (unpaired) electrons. The Labute approximate surface area is 90.6 Å². The fourth-order valence-electron chi connectivity index (χ4n) is 1.10. The molecule has 0 aromatic carbocycles. The summed E-state index contributed by atoms with van der Waals surface area (Å²) in [5, 5.41) is 8.61. The van der Waals surface area contributed by atoms with Crippen LogP contribution in [0.5, 0.6) is 0 Å². The molecule has 0 unspecified atom stereocenters. The lowest BCUT2D eigenvalue weighted by Gasteiger charge is -2.35. The molecule has 1 aromatic rings. The zero-order valence-corrected chi connectivity index (χ0v) is 9.65. The minimum Gasteiger partial charge on any atom is -0.353 e. The molecule has 0 bridgehead atoms. The van der Waals surface area contributed by atoms with Crippen LogP contribution < -0.4 is 4.90 Å². The van der Waals surface area contributed by atoms with Crippen LogP contribution in [0.2, 0.25) is 0 Å². The van der Waals surface area contributed by atoms with Crippen molar-refractivity contribution in [2.24, 2.45) is 0 Å². The van der Waals surface area contributed by atoms with Gasteiger partial charge in [-0.05, 0) is 20.3 Å². The topological polar surface area (TPSA) is 52.8 Å². The van der Waals surface area contributed by atoms with E-state index in [4.69, 9.17) is 5.26 Å². The van der Waals surface area contributed by atoms with Crippen LogP contribution in [0.25, 0.3) is 0 Å². The van der Waals surface area contributed by atoms with Gasteiger partial charge in [0.25, 0.3) is 0 Å². The first-order valence-corrected chi connectivity index (χ1v) is 4.97. The van der Waals surface area contributed by atoms with Crippen LogP contribution in [0, 0.1) is 11.3 Å². The number of hydrogen-bond acceptors (Lipinski definition) is 4. The number of rotatable bonds is 3. The Morgan fingerprint density at radius 3 is 2.47 bits per heavy atom. The highest BCUT2D eigenvalue weighted by Crippen LogP contribution is 2.21. The second-order valence-corrected chi connectivity index (χ2v) is 4.10. The Morgan fingerprint density at radius 1 is 1.40 bits per heavy atom. The smallest absolute Gasteiger partial charge is 0.158 e. The van der Waals surface area contributed by atoms with Crippen LogP contribution >= 0.6 is 0 Å². The highest BCUT2D eigenvalue weighted by molar-refractivity contribution is 5.39. The van der Waals surface area contributed by atoms with Crippen LogP contribution in [0.1, 0.15) is 32.9 Å². The molecule has 1 heterocycles. The standard InChI is InChI=1S/C11H16N4/c1-5-11(2,3)15(4)10-8-13-9(6-12)7-14-10/h7-8H,5H2,1-4H3. The van der Waals surface area contributed by atoms with Gasteiger partial charge in [-0.25, -0.2) is 9.97 Å². The van der Waals surface area contributed by atoms with Crippen molar-refractivity contribution in [2.45, 2.75) is 32.7 Å². The van der Waals surface area contributed by atoms with Gasteiger partial charge in [-0.15, -0.1) is 0 Å². The van der Waals surface area contributed by atoms with Gasteiger partial charge in [0.05, 0.1) is 12.4 Å². The first-order chi connectivity index (χ1) is 7.01. The zero-order valence-electron chi connectivity index (χ0n) is 9.65. The van der Waals surface area contributed by atoms with E-state index in [9.17, 15) is 0 Å². The molecule has 4 heteroatoms. The van der Waals surface area contributed by atoms with E-state index < -0.39 is 0 Å². The minimum atomic E-state index is 0.0445. The van der Waals surface area contributed by atoms with Crippen molar-refractivity contribution in [1.29, 1.82) is 5.26 Å². The number of hydrogen-bond donors (Lipinski definition) is 0. The number of nitriles is 1. The molecule has 0 aliphatic rings. The second kappa shape index (κ2) is 4.26. The highest BCUT2D eigenvalue weighted by atomic mass is 15.2. The minimum absolute atomic E-state index is 0.0445. The average molecular weight is 204 g/mol. The number of anilines is 1. The van der Waals surface area contributed by atoms with E-state index in [0.717, 1.165) is 12.2 Å². The summed E-state index contributed by atoms with van der Waals surface area (Å²) in [4.78, 5) is 10.3. The molecule has 0 aliphatic carbocycles. The lowest BCUT2D eigenvalue weighted by molar-refractivity contribution is 0.467. The van der Waals surface area contributed by atoms with Gasteiger partial charge >= 0.3 is 0 Å². The first kappa shape index (κ1) is 11.4.